The fourth-order valence-corrected chi connectivity index (χ4v) is 4.89. The topological polar surface area (TPSA) is 13.0 Å². The van der Waals surface area contributed by atoms with E-state index in [0.717, 1.165) is 43.1 Å². The molecule has 2 atom stereocenters. The summed E-state index contributed by atoms with van der Waals surface area (Å²) in [4.78, 5) is 10.0. The average molecular weight is 585 g/mol. The Bertz CT molecular complexity index is 495. The van der Waals surface area contributed by atoms with Gasteiger partial charge in [-0.25, -0.2) is 0 Å². The second-order valence-corrected chi connectivity index (χ2v) is 11.6. The Labute approximate surface area is 263 Å². The van der Waals surface area contributed by atoms with Gasteiger partial charge in [0.05, 0.1) is 0 Å². The highest BCUT2D eigenvalue weighted by Gasteiger charge is 2.45. The van der Waals surface area contributed by atoms with E-state index >= 15 is 0 Å². The standard InChI is InChI=1S/C8H15N.C7H15N.C7H13N.C6H13N.4C2H6.CH4/c1-6(2)9-4-7-3-8(7)5-9;2*1-7(2)8-5-3-4-6-8;1-6(2)7-4-3-5-7;4*1-2;/h6-8H,3-5H2,1-2H3;7H,3-6H2,1-2H3;3-4,7H,5-6H2,1-2H3;6H,3-5H2,1-2H3;4*1-2H3;1H4. The molecule has 0 aromatic carbocycles. The Kier molecular flexibility index (Phi) is 35.9. The molecule has 0 amide bonds. The zero-order valence-electron chi connectivity index (χ0n) is 30.9. The maximum absolute atomic E-state index is 2.60. The summed E-state index contributed by atoms with van der Waals surface area (Å²) in [5, 5.41) is 0. The van der Waals surface area contributed by atoms with E-state index in [2.05, 4.69) is 87.1 Å². The van der Waals surface area contributed by atoms with Gasteiger partial charge < -0.3 is 14.7 Å². The van der Waals surface area contributed by atoms with Gasteiger partial charge in [0.15, 0.2) is 0 Å². The highest BCUT2D eigenvalue weighted by Crippen LogP contribution is 2.45. The SMILES string of the molecule is C.CC.CC.CC.CC.CC(C)N1CC2CC2C1.CC(C)N1CC=CC1.CC(C)N1CCC1.CC(C)N1CCCC1. The molecule has 4 aliphatic heterocycles. The molecule has 5 rings (SSSR count). The Morgan fingerprint density at radius 2 is 0.732 bits per heavy atom. The van der Waals surface area contributed by atoms with Gasteiger partial charge in [0.25, 0.3) is 0 Å². The van der Waals surface area contributed by atoms with Gasteiger partial charge in [0.1, 0.15) is 0 Å². The fraction of sp³-hybridized carbons (Fsp3) is 0.946. The molecule has 4 nitrogen and oxygen atoms in total. The van der Waals surface area contributed by atoms with E-state index in [-0.39, 0.29) is 7.43 Å². The van der Waals surface area contributed by atoms with Crippen LogP contribution < -0.4 is 0 Å². The van der Waals surface area contributed by atoms with Crippen LogP contribution >= 0.6 is 0 Å². The van der Waals surface area contributed by atoms with Crippen LogP contribution in [0.25, 0.3) is 0 Å². The van der Waals surface area contributed by atoms with Crippen LogP contribution in [-0.4, -0.2) is 96.1 Å². The van der Waals surface area contributed by atoms with Crippen LogP contribution in [0.15, 0.2) is 12.2 Å². The maximum atomic E-state index is 2.60. The molecule has 1 saturated carbocycles. The monoisotopic (exact) mass is 585 g/mol. The molecule has 0 bridgehead atoms. The smallest absolute Gasteiger partial charge is 0.0169 e. The molecule has 4 fully saturated rings. The van der Waals surface area contributed by atoms with Gasteiger partial charge in [0.2, 0.25) is 0 Å². The molecule has 4 heterocycles. The normalized spacial score (nSPS) is 22.1. The van der Waals surface area contributed by atoms with E-state index in [9.17, 15) is 0 Å². The quantitative estimate of drug-likeness (QED) is 0.305. The molecule has 0 N–H and O–H groups in total. The van der Waals surface area contributed by atoms with Crippen molar-refractivity contribution in [2.24, 2.45) is 11.8 Å². The second-order valence-electron chi connectivity index (χ2n) is 11.6. The van der Waals surface area contributed by atoms with Crippen molar-refractivity contribution in [3.8, 4) is 0 Å². The minimum Gasteiger partial charge on any atom is -0.301 e. The molecule has 0 radical (unpaired) electrons. The Balaban J connectivity index is -0.000000205. The predicted molar refractivity (Wildman–Crippen MR) is 194 cm³/mol. The van der Waals surface area contributed by atoms with Crippen LogP contribution in [0.1, 0.15) is 144 Å². The van der Waals surface area contributed by atoms with E-state index < -0.39 is 0 Å². The molecule has 252 valence electrons. The number of hydrogen-bond acceptors (Lipinski definition) is 4. The Hall–Kier alpha value is -0.420. The molecule has 5 aliphatic rings. The summed E-state index contributed by atoms with van der Waals surface area (Å²) in [6.45, 7) is 44.5. The molecule has 0 aromatic rings. The van der Waals surface area contributed by atoms with Crippen molar-refractivity contribution in [1.29, 1.82) is 0 Å². The zero-order chi connectivity index (χ0) is 31.7. The molecule has 1 aliphatic carbocycles. The molecular weight excluding hydrogens is 500 g/mol. The van der Waals surface area contributed by atoms with Crippen LogP contribution in [0.4, 0.5) is 0 Å². The highest BCUT2D eigenvalue weighted by atomic mass is 15.2. The molecule has 4 heteroatoms. The van der Waals surface area contributed by atoms with E-state index in [1.807, 2.05) is 55.4 Å². The van der Waals surface area contributed by atoms with Crippen LogP contribution in [0, 0.1) is 11.8 Å². The van der Waals surface area contributed by atoms with Crippen LogP contribution in [0.2, 0.25) is 0 Å². The van der Waals surface area contributed by atoms with Gasteiger partial charge in [-0.3, -0.25) is 4.90 Å². The molecule has 41 heavy (non-hydrogen) atoms. The number of nitrogens with zero attached hydrogens (tertiary/aromatic N) is 4. The third-order valence-corrected chi connectivity index (χ3v) is 7.81. The van der Waals surface area contributed by atoms with E-state index in [1.165, 1.54) is 65.0 Å². The summed E-state index contributed by atoms with van der Waals surface area (Å²) in [5.41, 5.74) is 0. The number of hydrogen-bond donors (Lipinski definition) is 0. The van der Waals surface area contributed by atoms with Gasteiger partial charge in [0, 0.05) is 50.3 Å². The van der Waals surface area contributed by atoms with Gasteiger partial charge in [-0.2, -0.15) is 0 Å². The largest absolute Gasteiger partial charge is 0.301 e. The summed E-state index contributed by atoms with van der Waals surface area (Å²) in [5.74, 6) is 2.21. The first kappa shape index (κ1) is 47.5. The minimum atomic E-state index is 0. The Morgan fingerprint density at radius 1 is 0.439 bits per heavy atom. The molecule has 0 spiro atoms. The van der Waals surface area contributed by atoms with Crippen molar-refractivity contribution in [3.63, 3.8) is 0 Å². The lowest BCUT2D eigenvalue weighted by molar-refractivity contribution is 0.138. The third kappa shape index (κ3) is 22.7. The van der Waals surface area contributed by atoms with Gasteiger partial charge in [-0.05, 0) is 119 Å². The Morgan fingerprint density at radius 3 is 0.902 bits per heavy atom. The van der Waals surface area contributed by atoms with Crippen molar-refractivity contribution >= 4 is 0 Å². The number of piperidine rings is 1. The van der Waals surface area contributed by atoms with Crippen molar-refractivity contribution < 1.29 is 0 Å². The van der Waals surface area contributed by atoms with E-state index in [4.69, 9.17) is 0 Å². The first-order valence-electron chi connectivity index (χ1n) is 17.8. The number of rotatable bonds is 4. The summed E-state index contributed by atoms with van der Waals surface area (Å²) < 4.78 is 0. The van der Waals surface area contributed by atoms with Gasteiger partial charge in [-0.1, -0.05) is 75.0 Å². The van der Waals surface area contributed by atoms with Gasteiger partial charge >= 0.3 is 0 Å². The molecule has 0 aromatic heterocycles. The minimum absolute atomic E-state index is 0. The van der Waals surface area contributed by atoms with Crippen LogP contribution in [0.5, 0.6) is 0 Å². The summed E-state index contributed by atoms with van der Waals surface area (Å²) in [6, 6.07) is 3.06. The average Bonchev–Trinajstić information content (AvgIpc) is 3.45. The van der Waals surface area contributed by atoms with Crippen LogP contribution in [-0.2, 0) is 0 Å². The van der Waals surface area contributed by atoms with Crippen molar-refractivity contribution in [3.05, 3.63) is 12.2 Å². The lowest BCUT2D eigenvalue weighted by Gasteiger charge is -2.34. The lowest BCUT2D eigenvalue weighted by Crippen LogP contribution is -2.41. The van der Waals surface area contributed by atoms with Gasteiger partial charge in [-0.15, -0.1) is 0 Å². The second kappa shape index (κ2) is 31.0. The number of fused-ring (bicyclic) bond motifs is 1. The summed E-state index contributed by atoms with van der Waals surface area (Å²) in [7, 11) is 0. The highest BCUT2D eigenvalue weighted by molar-refractivity contribution is 4.97. The van der Waals surface area contributed by atoms with Crippen molar-refractivity contribution in [2.75, 3.05) is 52.4 Å². The predicted octanol–water partition coefficient (Wildman–Crippen LogP) is 9.95. The lowest BCUT2D eigenvalue weighted by atomic mass is 10.2. The summed E-state index contributed by atoms with van der Waals surface area (Å²) >= 11 is 0. The molecule has 3 saturated heterocycles. The zero-order valence-corrected chi connectivity index (χ0v) is 30.9. The fourth-order valence-electron chi connectivity index (χ4n) is 4.89. The first-order valence-corrected chi connectivity index (χ1v) is 17.8. The molecular formula is C37H84N4. The number of likely N-dealkylation sites (tertiary alicyclic amines) is 3. The van der Waals surface area contributed by atoms with E-state index in [0.29, 0.717) is 6.04 Å². The van der Waals surface area contributed by atoms with Crippen molar-refractivity contribution in [1.82, 2.24) is 19.6 Å². The van der Waals surface area contributed by atoms with E-state index in [1.54, 1.807) is 0 Å². The molecule has 2 unspecified atom stereocenters. The summed E-state index contributed by atoms with van der Waals surface area (Å²) in [6.07, 6.45) is 10.2. The van der Waals surface area contributed by atoms with Crippen LogP contribution in [0.3, 0.4) is 0 Å². The first-order chi connectivity index (χ1) is 19.2. The third-order valence-electron chi connectivity index (χ3n) is 7.81. The van der Waals surface area contributed by atoms with Crippen molar-refractivity contribution in [2.45, 2.75) is 168 Å². The maximum Gasteiger partial charge on any atom is 0.0169 e.